The summed E-state index contributed by atoms with van der Waals surface area (Å²) in [6, 6.07) is 5.10. The van der Waals surface area contributed by atoms with Crippen LogP contribution >= 0.6 is 11.6 Å². The fourth-order valence-corrected chi connectivity index (χ4v) is 2.97. The van der Waals surface area contributed by atoms with Crippen LogP contribution in [0.15, 0.2) is 18.2 Å². The van der Waals surface area contributed by atoms with Gasteiger partial charge in [0.2, 0.25) is 0 Å². The number of halogens is 1. The maximum atomic E-state index is 10.9. The summed E-state index contributed by atoms with van der Waals surface area (Å²) in [5.41, 5.74) is 0.716. The van der Waals surface area contributed by atoms with Gasteiger partial charge in [-0.1, -0.05) is 17.7 Å². The van der Waals surface area contributed by atoms with Crippen LogP contribution in [0.3, 0.4) is 0 Å². The standard InChI is InChI=1S/C15H20ClNO3/c16-13-2-1-3-14(18)12(13)9-17-8-10-4-6-11(7-5-10)15(19)20/h1-3,10-11,17-18H,4-9H2,(H,19,20). The van der Waals surface area contributed by atoms with Gasteiger partial charge < -0.3 is 15.5 Å². The zero-order chi connectivity index (χ0) is 14.5. The molecule has 5 heteroatoms. The zero-order valence-corrected chi connectivity index (χ0v) is 12.1. The number of hydrogen-bond donors (Lipinski definition) is 3. The lowest BCUT2D eigenvalue weighted by Gasteiger charge is -2.26. The molecule has 0 spiro atoms. The molecule has 1 aromatic rings. The smallest absolute Gasteiger partial charge is 0.306 e. The predicted octanol–water partition coefficient (Wildman–Crippen LogP) is 3.03. The molecule has 1 aliphatic rings. The Hall–Kier alpha value is -1.26. The Morgan fingerprint density at radius 2 is 2.00 bits per heavy atom. The summed E-state index contributed by atoms with van der Waals surface area (Å²) in [5.74, 6) is -0.119. The van der Waals surface area contributed by atoms with Crippen LogP contribution in [0.1, 0.15) is 31.2 Å². The van der Waals surface area contributed by atoms with Crippen molar-refractivity contribution in [3.63, 3.8) is 0 Å². The Morgan fingerprint density at radius 3 is 2.60 bits per heavy atom. The second kappa shape index (κ2) is 6.95. The number of nitrogens with one attached hydrogen (secondary N) is 1. The normalized spacial score (nSPS) is 22.6. The molecule has 4 nitrogen and oxygen atoms in total. The molecule has 1 fully saturated rings. The van der Waals surface area contributed by atoms with Gasteiger partial charge in [0.05, 0.1) is 5.92 Å². The number of hydrogen-bond acceptors (Lipinski definition) is 3. The van der Waals surface area contributed by atoms with Gasteiger partial charge in [-0.2, -0.15) is 0 Å². The lowest BCUT2D eigenvalue weighted by molar-refractivity contribution is -0.143. The van der Waals surface area contributed by atoms with E-state index in [0.29, 0.717) is 23.0 Å². The number of carboxylic acid groups (broad SMARTS) is 1. The van der Waals surface area contributed by atoms with Crippen molar-refractivity contribution < 1.29 is 15.0 Å². The summed E-state index contributed by atoms with van der Waals surface area (Å²) >= 11 is 6.04. The Balaban J connectivity index is 1.76. The highest BCUT2D eigenvalue weighted by Crippen LogP contribution is 2.29. The van der Waals surface area contributed by atoms with Crippen molar-refractivity contribution in [3.8, 4) is 5.75 Å². The first-order valence-corrected chi connectivity index (χ1v) is 7.35. The highest BCUT2D eigenvalue weighted by molar-refractivity contribution is 6.31. The SMILES string of the molecule is O=C(O)C1CCC(CNCc2c(O)cccc2Cl)CC1. The van der Waals surface area contributed by atoms with Crippen molar-refractivity contribution in [3.05, 3.63) is 28.8 Å². The number of aromatic hydroxyl groups is 1. The van der Waals surface area contributed by atoms with Crippen LogP contribution in [-0.2, 0) is 11.3 Å². The molecule has 1 aliphatic carbocycles. The molecule has 0 radical (unpaired) electrons. The van der Waals surface area contributed by atoms with E-state index in [1.807, 2.05) is 0 Å². The van der Waals surface area contributed by atoms with E-state index in [1.165, 1.54) is 0 Å². The quantitative estimate of drug-likeness (QED) is 0.781. The van der Waals surface area contributed by atoms with Crippen LogP contribution in [0.2, 0.25) is 5.02 Å². The van der Waals surface area contributed by atoms with Crippen molar-refractivity contribution >= 4 is 17.6 Å². The highest BCUT2D eigenvalue weighted by Gasteiger charge is 2.25. The van der Waals surface area contributed by atoms with Gasteiger partial charge in [-0.25, -0.2) is 0 Å². The van der Waals surface area contributed by atoms with Gasteiger partial charge in [-0.05, 0) is 50.3 Å². The first-order chi connectivity index (χ1) is 9.58. The Kier molecular flexibility index (Phi) is 5.26. The first-order valence-electron chi connectivity index (χ1n) is 6.97. The van der Waals surface area contributed by atoms with Gasteiger partial charge in [0.15, 0.2) is 0 Å². The fourth-order valence-electron chi connectivity index (χ4n) is 2.74. The molecule has 0 atom stereocenters. The third-order valence-electron chi connectivity index (χ3n) is 4.02. The van der Waals surface area contributed by atoms with Crippen LogP contribution in [-0.4, -0.2) is 22.7 Å². The minimum Gasteiger partial charge on any atom is -0.508 e. The van der Waals surface area contributed by atoms with Gasteiger partial charge in [0.1, 0.15) is 5.75 Å². The number of benzene rings is 1. The van der Waals surface area contributed by atoms with Crippen molar-refractivity contribution in [2.75, 3.05) is 6.54 Å². The summed E-state index contributed by atoms with van der Waals surface area (Å²) in [4.78, 5) is 10.9. The maximum Gasteiger partial charge on any atom is 0.306 e. The van der Waals surface area contributed by atoms with E-state index < -0.39 is 5.97 Å². The molecule has 3 N–H and O–H groups in total. The second-order valence-electron chi connectivity index (χ2n) is 5.42. The molecule has 2 rings (SSSR count). The molecule has 1 aromatic carbocycles. The molecule has 0 saturated heterocycles. The number of carbonyl (C=O) groups is 1. The summed E-state index contributed by atoms with van der Waals surface area (Å²) in [6.07, 6.45) is 3.41. The van der Waals surface area contributed by atoms with Crippen LogP contribution < -0.4 is 5.32 Å². The molecule has 110 valence electrons. The average molecular weight is 298 g/mol. The minimum atomic E-state index is -0.669. The fraction of sp³-hybridized carbons (Fsp3) is 0.533. The number of phenolic OH excluding ortho intramolecular Hbond substituents is 1. The molecule has 1 saturated carbocycles. The van der Waals surface area contributed by atoms with E-state index in [1.54, 1.807) is 18.2 Å². The van der Waals surface area contributed by atoms with Gasteiger partial charge in [-0.15, -0.1) is 0 Å². The topological polar surface area (TPSA) is 69.6 Å². The molecular weight excluding hydrogens is 278 g/mol. The summed E-state index contributed by atoms with van der Waals surface area (Å²) < 4.78 is 0. The highest BCUT2D eigenvalue weighted by atomic mass is 35.5. The molecule has 20 heavy (non-hydrogen) atoms. The summed E-state index contributed by atoms with van der Waals surface area (Å²) in [7, 11) is 0. The van der Waals surface area contributed by atoms with Crippen molar-refractivity contribution in [1.82, 2.24) is 5.32 Å². The summed E-state index contributed by atoms with van der Waals surface area (Å²) in [6.45, 7) is 1.36. The Morgan fingerprint density at radius 1 is 1.30 bits per heavy atom. The van der Waals surface area contributed by atoms with E-state index in [-0.39, 0.29) is 11.7 Å². The van der Waals surface area contributed by atoms with E-state index in [2.05, 4.69) is 5.32 Å². The lowest BCUT2D eigenvalue weighted by Crippen LogP contribution is -2.28. The van der Waals surface area contributed by atoms with E-state index in [4.69, 9.17) is 16.7 Å². The van der Waals surface area contributed by atoms with Crippen LogP contribution in [0.5, 0.6) is 5.75 Å². The van der Waals surface area contributed by atoms with Crippen molar-refractivity contribution in [2.45, 2.75) is 32.2 Å². The molecule has 0 heterocycles. The van der Waals surface area contributed by atoms with Gasteiger partial charge in [-0.3, -0.25) is 4.79 Å². The number of aliphatic carboxylic acids is 1. The predicted molar refractivity (Wildman–Crippen MR) is 77.9 cm³/mol. The van der Waals surface area contributed by atoms with Gasteiger partial charge in [0, 0.05) is 17.1 Å². The van der Waals surface area contributed by atoms with Gasteiger partial charge in [0.25, 0.3) is 0 Å². The Bertz CT molecular complexity index is 450. The van der Waals surface area contributed by atoms with Crippen molar-refractivity contribution in [1.29, 1.82) is 0 Å². The largest absolute Gasteiger partial charge is 0.508 e. The average Bonchev–Trinajstić information content (AvgIpc) is 2.42. The molecule has 0 aliphatic heterocycles. The van der Waals surface area contributed by atoms with Crippen LogP contribution in [0.25, 0.3) is 0 Å². The van der Waals surface area contributed by atoms with E-state index in [9.17, 15) is 9.90 Å². The molecular formula is C15H20ClNO3. The molecule has 0 bridgehead atoms. The van der Waals surface area contributed by atoms with Crippen LogP contribution in [0, 0.1) is 11.8 Å². The van der Waals surface area contributed by atoms with E-state index in [0.717, 1.165) is 32.2 Å². The summed E-state index contributed by atoms with van der Waals surface area (Å²) in [5, 5.41) is 22.6. The lowest BCUT2D eigenvalue weighted by atomic mass is 9.82. The third kappa shape index (κ3) is 3.87. The van der Waals surface area contributed by atoms with E-state index >= 15 is 0 Å². The Labute approximate surface area is 123 Å². The number of phenols is 1. The molecule has 0 unspecified atom stereocenters. The van der Waals surface area contributed by atoms with Gasteiger partial charge >= 0.3 is 5.97 Å². The van der Waals surface area contributed by atoms with Crippen molar-refractivity contribution in [2.24, 2.45) is 11.8 Å². The monoisotopic (exact) mass is 297 g/mol. The third-order valence-corrected chi connectivity index (χ3v) is 4.38. The molecule has 0 aromatic heterocycles. The molecule has 0 amide bonds. The minimum absolute atomic E-state index is 0.168. The number of rotatable bonds is 5. The zero-order valence-electron chi connectivity index (χ0n) is 11.3. The maximum absolute atomic E-state index is 10.9. The second-order valence-corrected chi connectivity index (χ2v) is 5.83. The number of carboxylic acids is 1. The van der Waals surface area contributed by atoms with Crippen LogP contribution in [0.4, 0.5) is 0 Å². The first kappa shape index (κ1) is 15.1.